The number of likely N-dealkylation sites (tertiary alicyclic amines) is 1. The quantitative estimate of drug-likeness (QED) is 0.0425. The van der Waals surface area contributed by atoms with E-state index >= 15 is 0 Å². The third kappa shape index (κ3) is 12.5. The fourth-order valence-electron chi connectivity index (χ4n) is 7.90. The van der Waals surface area contributed by atoms with Gasteiger partial charge in [-0.05, 0) is 70.4 Å². The van der Waals surface area contributed by atoms with E-state index in [-0.39, 0.29) is 43.4 Å². The van der Waals surface area contributed by atoms with E-state index in [9.17, 15) is 23.6 Å². The third-order valence-corrected chi connectivity index (χ3v) is 11.8. The van der Waals surface area contributed by atoms with E-state index in [2.05, 4.69) is 53.5 Å². The Balaban J connectivity index is 0.987. The van der Waals surface area contributed by atoms with Gasteiger partial charge in [-0.3, -0.25) is 23.9 Å². The molecule has 1 aromatic carbocycles. The number of carbonyl (C=O) groups excluding carboxylic acids is 4. The Bertz CT molecular complexity index is 2070. The maximum absolute atomic E-state index is 14.8. The van der Waals surface area contributed by atoms with E-state index in [1.165, 1.54) is 87.1 Å². The molecule has 1 aliphatic heterocycles. The van der Waals surface area contributed by atoms with E-state index in [1.54, 1.807) is 18.5 Å². The van der Waals surface area contributed by atoms with Crippen molar-refractivity contribution in [3.63, 3.8) is 0 Å². The van der Waals surface area contributed by atoms with Gasteiger partial charge in [-0.25, -0.2) is 19.3 Å². The Kier molecular flexibility index (Phi) is 16.1. The Morgan fingerprint density at radius 3 is 2.17 bits per heavy atom. The predicted molar refractivity (Wildman–Crippen MR) is 230 cm³/mol. The van der Waals surface area contributed by atoms with Crippen LogP contribution in [0.2, 0.25) is 0 Å². The number of carbonyl (C=O) groups is 4. The van der Waals surface area contributed by atoms with E-state index in [0.717, 1.165) is 36.8 Å². The Morgan fingerprint density at radius 1 is 0.864 bits per heavy atom. The van der Waals surface area contributed by atoms with Crippen LogP contribution >= 0.6 is 15.9 Å². The van der Waals surface area contributed by atoms with Crippen molar-refractivity contribution in [2.24, 2.45) is 0 Å². The molecule has 0 bridgehead atoms. The highest BCUT2D eigenvalue weighted by Crippen LogP contribution is 2.43. The number of fused-ring (bicyclic) bond motifs is 1. The van der Waals surface area contributed by atoms with Crippen molar-refractivity contribution < 1.29 is 23.6 Å². The van der Waals surface area contributed by atoms with Gasteiger partial charge in [0.25, 0.3) is 0 Å². The second-order valence-corrected chi connectivity index (χ2v) is 17.0. The molecule has 2 aliphatic rings. The van der Waals surface area contributed by atoms with E-state index in [1.807, 2.05) is 24.3 Å². The molecule has 14 heteroatoms. The number of rotatable bonds is 23. The molecule has 12 nitrogen and oxygen atoms in total. The molecule has 3 amide bonds. The van der Waals surface area contributed by atoms with Crippen LogP contribution < -0.4 is 10.6 Å². The fraction of sp³-hybridized carbons (Fsp3) is 0.556. The number of alkyl halides is 1. The SMILES string of the molecule is CCCCCCCCCCCCCCCC(=O)NCc1ncc(-c2ccc3c(c2)c(C(C)=O)nn3CC(=O)N2C[C@H](F)C[C@H]2C(=O)Nc2nc(Br)ccc2C2CC2)cn1. The molecule has 0 radical (unpaired) electrons. The van der Waals surface area contributed by atoms with Crippen LogP contribution in [-0.2, 0) is 27.5 Å². The Labute approximate surface area is 355 Å². The molecule has 0 unspecified atom stereocenters. The number of anilines is 1. The van der Waals surface area contributed by atoms with Gasteiger partial charge < -0.3 is 15.5 Å². The summed E-state index contributed by atoms with van der Waals surface area (Å²) in [6.07, 6.45) is 20.8. The summed E-state index contributed by atoms with van der Waals surface area (Å²) in [6.45, 7) is 3.39. The van der Waals surface area contributed by atoms with Gasteiger partial charge in [-0.1, -0.05) is 96.1 Å². The van der Waals surface area contributed by atoms with Gasteiger partial charge in [0.05, 0.1) is 18.6 Å². The van der Waals surface area contributed by atoms with Gasteiger partial charge >= 0.3 is 0 Å². The van der Waals surface area contributed by atoms with Crippen LogP contribution in [0.25, 0.3) is 22.0 Å². The molecule has 4 heterocycles. The average molecular weight is 874 g/mol. The predicted octanol–water partition coefficient (Wildman–Crippen LogP) is 9.41. The number of pyridine rings is 1. The molecule has 2 fully saturated rings. The minimum atomic E-state index is -1.36. The third-order valence-electron chi connectivity index (χ3n) is 11.4. The van der Waals surface area contributed by atoms with Gasteiger partial charge in [0.15, 0.2) is 5.78 Å². The molecule has 59 heavy (non-hydrogen) atoms. The van der Waals surface area contributed by atoms with Crippen molar-refractivity contribution in [3.8, 4) is 11.1 Å². The summed E-state index contributed by atoms with van der Waals surface area (Å²) in [4.78, 5) is 67.1. The number of hydrogen-bond donors (Lipinski definition) is 2. The van der Waals surface area contributed by atoms with Crippen LogP contribution in [-0.4, -0.2) is 71.9 Å². The number of ketones is 1. The molecule has 1 saturated carbocycles. The summed E-state index contributed by atoms with van der Waals surface area (Å²) < 4.78 is 16.8. The molecule has 1 saturated heterocycles. The van der Waals surface area contributed by atoms with Gasteiger partial charge in [0, 0.05) is 43.1 Å². The van der Waals surface area contributed by atoms with Crippen LogP contribution in [0.5, 0.6) is 0 Å². The summed E-state index contributed by atoms with van der Waals surface area (Å²) >= 11 is 3.36. The zero-order valence-electron chi connectivity index (χ0n) is 34.5. The number of nitrogens with one attached hydrogen (secondary N) is 2. The smallest absolute Gasteiger partial charge is 0.248 e. The number of hydrogen-bond acceptors (Lipinski definition) is 8. The summed E-state index contributed by atoms with van der Waals surface area (Å²) in [7, 11) is 0. The molecule has 3 aromatic heterocycles. The first-order valence-corrected chi connectivity index (χ1v) is 22.4. The first-order valence-electron chi connectivity index (χ1n) is 21.6. The Morgan fingerprint density at radius 2 is 1.53 bits per heavy atom. The molecule has 0 spiro atoms. The van der Waals surface area contributed by atoms with Crippen LogP contribution in [0.3, 0.4) is 0 Å². The molecule has 4 aromatic rings. The average Bonchev–Trinajstić information content (AvgIpc) is 3.89. The second-order valence-electron chi connectivity index (χ2n) is 16.2. The topological polar surface area (TPSA) is 152 Å². The maximum atomic E-state index is 14.8. The van der Waals surface area contributed by atoms with E-state index in [4.69, 9.17) is 0 Å². The van der Waals surface area contributed by atoms with E-state index < -0.39 is 24.0 Å². The lowest BCUT2D eigenvalue weighted by molar-refractivity contribution is -0.137. The highest BCUT2D eigenvalue weighted by atomic mass is 79.9. The fourth-order valence-corrected chi connectivity index (χ4v) is 8.21. The summed E-state index contributed by atoms with van der Waals surface area (Å²) in [5, 5.41) is 10.8. The van der Waals surface area contributed by atoms with Crippen molar-refractivity contribution in [1.82, 2.24) is 34.9 Å². The lowest BCUT2D eigenvalue weighted by atomic mass is 10.0. The van der Waals surface area contributed by atoms with Crippen LogP contribution in [0.4, 0.5) is 10.2 Å². The lowest BCUT2D eigenvalue weighted by Gasteiger charge is -2.24. The summed E-state index contributed by atoms with van der Waals surface area (Å²) in [6, 6.07) is 8.14. The molecular weight excluding hydrogens is 815 g/mol. The summed E-state index contributed by atoms with van der Waals surface area (Å²) in [5.74, 6) is -0.0416. The van der Waals surface area contributed by atoms with Crippen molar-refractivity contribution in [2.45, 2.75) is 154 Å². The highest BCUT2D eigenvalue weighted by Gasteiger charge is 2.41. The normalized spacial score (nSPS) is 16.4. The van der Waals surface area contributed by atoms with Gasteiger partial charge in [-0.2, -0.15) is 5.10 Å². The van der Waals surface area contributed by atoms with Gasteiger partial charge in [-0.15, -0.1) is 0 Å². The zero-order chi connectivity index (χ0) is 41.7. The van der Waals surface area contributed by atoms with Gasteiger partial charge in [0.1, 0.15) is 40.7 Å². The molecule has 1 aliphatic carbocycles. The van der Waals surface area contributed by atoms with Gasteiger partial charge in [0.2, 0.25) is 17.7 Å². The summed E-state index contributed by atoms with van der Waals surface area (Å²) in [5.41, 5.74) is 3.10. The van der Waals surface area contributed by atoms with Crippen LogP contribution in [0.1, 0.15) is 151 Å². The number of benzene rings is 1. The van der Waals surface area contributed by atoms with Crippen LogP contribution in [0, 0.1) is 0 Å². The van der Waals surface area contributed by atoms with Crippen molar-refractivity contribution in [2.75, 3.05) is 11.9 Å². The molecular formula is C45H58BrFN8O4. The number of aromatic nitrogens is 5. The zero-order valence-corrected chi connectivity index (χ0v) is 36.1. The monoisotopic (exact) mass is 872 g/mol. The molecule has 2 atom stereocenters. The van der Waals surface area contributed by atoms with Crippen molar-refractivity contribution >= 4 is 56.2 Å². The van der Waals surface area contributed by atoms with Crippen molar-refractivity contribution in [1.29, 1.82) is 0 Å². The highest BCUT2D eigenvalue weighted by molar-refractivity contribution is 9.10. The number of halogens is 2. The molecule has 2 N–H and O–H groups in total. The largest absolute Gasteiger partial charge is 0.349 e. The minimum absolute atomic E-state index is 0.00756. The first kappa shape index (κ1) is 44.0. The minimum Gasteiger partial charge on any atom is -0.349 e. The molecule has 316 valence electrons. The van der Waals surface area contributed by atoms with Crippen molar-refractivity contribution in [3.05, 3.63) is 64.4 Å². The first-order chi connectivity index (χ1) is 28.6. The van der Waals surface area contributed by atoms with Crippen LogP contribution in [0.15, 0.2) is 47.3 Å². The number of Topliss-reactive ketones (excluding diaryl/α,β-unsaturated/α-hetero) is 1. The number of nitrogens with zero attached hydrogens (tertiary/aromatic N) is 6. The standard InChI is InChI=1S/C45H58BrFN8O4/c1-3-4-5-6-7-8-9-10-11-12-13-14-15-16-41(57)50-27-40-48-25-33(26-49-40)32-19-21-37-36(23-32)43(30(2)56)53-55(37)29-42(58)54-28-34(47)24-38(54)45(59)52-44-35(31-17-18-31)20-22-39(46)51-44/h19-23,25-26,31,34,38H,3-18,24,27-29H2,1-2H3,(H,50,57)(H,51,52,59)/t34-,38+/m1/s1. The number of amides is 3. The lowest BCUT2D eigenvalue weighted by Crippen LogP contribution is -2.44. The molecule has 6 rings (SSSR count). The Hall–Kier alpha value is -4.59. The second kappa shape index (κ2) is 21.6. The maximum Gasteiger partial charge on any atom is 0.248 e. The number of unbranched alkanes of at least 4 members (excludes halogenated alkanes) is 12. The van der Waals surface area contributed by atoms with E-state index in [0.29, 0.717) is 45.1 Å².